The van der Waals surface area contributed by atoms with Gasteiger partial charge in [-0.3, -0.25) is 0 Å². The molecule has 1 nitrogen and oxygen atoms in total. The van der Waals surface area contributed by atoms with Gasteiger partial charge in [0.15, 0.2) is 0 Å². The van der Waals surface area contributed by atoms with Crippen molar-refractivity contribution in [3.8, 4) is 0 Å². The third kappa shape index (κ3) is 3.49. The molecular weight excluding hydrogens is 196 g/mol. The summed E-state index contributed by atoms with van der Waals surface area (Å²) in [6.45, 7) is 0. The first kappa shape index (κ1) is 11.4. The average Bonchev–Trinajstić information content (AvgIpc) is 2.30. The second kappa shape index (κ2) is 5.86. The normalized spacial score (nSPS) is 20.6. The van der Waals surface area contributed by atoms with Gasteiger partial charge >= 0.3 is 0 Å². The molecule has 2 rings (SSSR count). The number of rotatable bonds is 4. The number of aryl methyl sites for hydroxylation is 1. The molecule has 0 aromatic heterocycles. The van der Waals surface area contributed by atoms with Crippen molar-refractivity contribution in [2.24, 2.45) is 0 Å². The summed E-state index contributed by atoms with van der Waals surface area (Å²) in [6.07, 6.45) is 8.66. The van der Waals surface area contributed by atoms with E-state index in [0.29, 0.717) is 0 Å². The Morgan fingerprint density at radius 2 is 1.94 bits per heavy atom. The first-order chi connectivity index (χ1) is 7.84. The van der Waals surface area contributed by atoms with Crippen molar-refractivity contribution < 1.29 is 5.11 Å². The van der Waals surface area contributed by atoms with Crippen LogP contribution in [-0.4, -0.2) is 11.2 Å². The van der Waals surface area contributed by atoms with E-state index in [1.807, 2.05) is 0 Å². The molecule has 0 amide bonds. The van der Waals surface area contributed by atoms with Crippen molar-refractivity contribution in [1.29, 1.82) is 0 Å². The lowest BCUT2D eigenvalue weighted by atomic mass is 9.93. The van der Waals surface area contributed by atoms with E-state index in [0.717, 1.165) is 25.7 Å². The predicted octanol–water partition coefficient (Wildman–Crippen LogP) is 3.48. The minimum atomic E-state index is -0.180. The highest BCUT2D eigenvalue weighted by atomic mass is 16.3. The predicted molar refractivity (Wildman–Crippen MR) is 67.3 cm³/mol. The van der Waals surface area contributed by atoms with Crippen molar-refractivity contribution in [3.05, 3.63) is 47.5 Å². The molecule has 0 saturated carbocycles. The molecule has 16 heavy (non-hydrogen) atoms. The van der Waals surface area contributed by atoms with Gasteiger partial charge in [-0.05, 0) is 44.1 Å². The van der Waals surface area contributed by atoms with E-state index in [1.165, 1.54) is 24.0 Å². The Hall–Kier alpha value is -1.08. The topological polar surface area (TPSA) is 20.2 Å². The van der Waals surface area contributed by atoms with E-state index in [4.69, 9.17) is 0 Å². The van der Waals surface area contributed by atoms with Gasteiger partial charge < -0.3 is 5.11 Å². The first-order valence-corrected chi connectivity index (χ1v) is 6.26. The van der Waals surface area contributed by atoms with Gasteiger partial charge in [-0.15, -0.1) is 0 Å². The number of hydrogen-bond donors (Lipinski definition) is 1. The fourth-order valence-corrected chi connectivity index (χ4v) is 2.35. The van der Waals surface area contributed by atoms with Crippen LogP contribution in [0.2, 0.25) is 0 Å². The van der Waals surface area contributed by atoms with Crippen LogP contribution in [0.5, 0.6) is 0 Å². The van der Waals surface area contributed by atoms with Gasteiger partial charge in [0.05, 0.1) is 6.10 Å². The van der Waals surface area contributed by atoms with Crippen LogP contribution < -0.4 is 0 Å². The fraction of sp³-hybridized carbons (Fsp3) is 0.467. The van der Waals surface area contributed by atoms with E-state index < -0.39 is 0 Å². The smallest absolute Gasteiger partial charge is 0.0723 e. The molecule has 1 aromatic carbocycles. The van der Waals surface area contributed by atoms with E-state index >= 15 is 0 Å². The quantitative estimate of drug-likeness (QED) is 0.764. The molecule has 1 atom stereocenters. The monoisotopic (exact) mass is 216 g/mol. The van der Waals surface area contributed by atoms with Crippen molar-refractivity contribution in [3.63, 3.8) is 0 Å². The molecule has 0 spiro atoms. The summed E-state index contributed by atoms with van der Waals surface area (Å²) in [4.78, 5) is 0. The maximum absolute atomic E-state index is 9.52. The van der Waals surface area contributed by atoms with Gasteiger partial charge in [-0.1, -0.05) is 42.0 Å². The van der Waals surface area contributed by atoms with Crippen molar-refractivity contribution in [1.82, 2.24) is 0 Å². The molecule has 1 aliphatic rings. The maximum atomic E-state index is 9.52. The van der Waals surface area contributed by atoms with E-state index in [9.17, 15) is 5.11 Å². The largest absolute Gasteiger partial charge is 0.389 e. The Bertz CT molecular complexity index is 340. The lowest BCUT2D eigenvalue weighted by molar-refractivity contribution is 0.201. The molecule has 0 radical (unpaired) electrons. The van der Waals surface area contributed by atoms with Crippen LogP contribution in [-0.2, 0) is 6.42 Å². The van der Waals surface area contributed by atoms with Crippen LogP contribution >= 0.6 is 0 Å². The van der Waals surface area contributed by atoms with Crippen LogP contribution in [0.1, 0.15) is 37.7 Å². The van der Waals surface area contributed by atoms with Crippen LogP contribution in [0.25, 0.3) is 0 Å². The zero-order chi connectivity index (χ0) is 11.2. The molecule has 1 N–H and O–H groups in total. The Morgan fingerprint density at radius 3 is 2.69 bits per heavy atom. The number of allylic oxidation sites excluding steroid dienone is 1. The summed E-state index contributed by atoms with van der Waals surface area (Å²) in [5, 5.41) is 9.52. The standard InChI is InChI=1S/C15H20O/c16-15-11-5-10-14(12-15)9-4-8-13-6-2-1-3-7-13/h1-3,6-7,12,15-16H,4-5,8-11H2. The Balaban J connectivity index is 1.76. The molecule has 0 saturated heterocycles. The number of aliphatic hydroxyl groups excluding tert-OH is 1. The van der Waals surface area contributed by atoms with E-state index in [2.05, 4.69) is 36.4 Å². The van der Waals surface area contributed by atoms with E-state index in [1.54, 1.807) is 0 Å². The van der Waals surface area contributed by atoms with Crippen molar-refractivity contribution >= 4 is 0 Å². The highest BCUT2D eigenvalue weighted by Gasteiger charge is 2.10. The molecule has 0 aliphatic heterocycles. The summed E-state index contributed by atoms with van der Waals surface area (Å²) >= 11 is 0. The summed E-state index contributed by atoms with van der Waals surface area (Å²) in [7, 11) is 0. The SMILES string of the molecule is OC1C=C(CCCc2ccccc2)CCC1. The molecule has 0 heterocycles. The molecule has 1 heteroatoms. The molecule has 1 aliphatic carbocycles. The number of aliphatic hydroxyl groups is 1. The molecule has 0 bridgehead atoms. The summed E-state index contributed by atoms with van der Waals surface area (Å²) < 4.78 is 0. The summed E-state index contributed by atoms with van der Waals surface area (Å²) in [6, 6.07) is 10.6. The maximum Gasteiger partial charge on any atom is 0.0723 e. The van der Waals surface area contributed by atoms with Crippen LogP contribution in [0.4, 0.5) is 0 Å². The summed E-state index contributed by atoms with van der Waals surface area (Å²) in [5.74, 6) is 0. The second-order valence-electron chi connectivity index (χ2n) is 4.62. The first-order valence-electron chi connectivity index (χ1n) is 6.26. The van der Waals surface area contributed by atoms with Gasteiger partial charge in [0, 0.05) is 0 Å². The minimum Gasteiger partial charge on any atom is -0.389 e. The highest BCUT2D eigenvalue weighted by molar-refractivity contribution is 5.15. The van der Waals surface area contributed by atoms with Crippen molar-refractivity contribution in [2.75, 3.05) is 0 Å². The number of hydrogen-bond acceptors (Lipinski definition) is 1. The molecule has 1 unspecified atom stereocenters. The van der Waals surface area contributed by atoms with Crippen LogP contribution in [0.3, 0.4) is 0 Å². The van der Waals surface area contributed by atoms with Gasteiger partial charge in [0.25, 0.3) is 0 Å². The average molecular weight is 216 g/mol. The third-order valence-corrected chi connectivity index (χ3v) is 3.23. The van der Waals surface area contributed by atoms with Gasteiger partial charge in [-0.25, -0.2) is 0 Å². The summed E-state index contributed by atoms with van der Waals surface area (Å²) in [5.41, 5.74) is 2.87. The Kier molecular flexibility index (Phi) is 4.17. The minimum absolute atomic E-state index is 0.180. The van der Waals surface area contributed by atoms with Crippen molar-refractivity contribution in [2.45, 2.75) is 44.6 Å². The Labute approximate surface area is 97.8 Å². The van der Waals surface area contributed by atoms with Gasteiger partial charge in [-0.2, -0.15) is 0 Å². The van der Waals surface area contributed by atoms with Crippen LogP contribution in [0.15, 0.2) is 42.0 Å². The molecule has 0 fully saturated rings. The lowest BCUT2D eigenvalue weighted by Crippen LogP contribution is -2.08. The zero-order valence-electron chi connectivity index (χ0n) is 9.73. The fourth-order valence-electron chi connectivity index (χ4n) is 2.35. The zero-order valence-corrected chi connectivity index (χ0v) is 9.73. The van der Waals surface area contributed by atoms with Gasteiger partial charge in [0.2, 0.25) is 0 Å². The lowest BCUT2D eigenvalue weighted by Gasteiger charge is -2.16. The highest BCUT2D eigenvalue weighted by Crippen LogP contribution is 2.22. The second-order valence-corrected chi connectivity index (χ2v) is 4.62. The van der Waals surface area contributed by atoms with E-state index in [-0.39, 0.29) is 6.10 Å². The van der Waals surface area contributed by atoms with Crippen LogP contribution in [0, 0.1) is 0 Å². The molecule has 86 valence electrons. The molecular formula is C15H20O. The third-order valence-electron chi connectivity index (χ3n) is 3.23. The van der Waals surface area contributed by atoms with Gasteiger partial charge in [0.1, 0.15) is 0 Å². The number of benzene rings is 1. The Morgan fingerprint density at radius 1 is 1.12 bits per heavy atom. The molecule has 1 aromatic rings.